The zero-order valence-corrected chi connectivity index (χ0v) is 16.0. The van der Waals surface area contributed by atoms with Crippen molar-refractivity contribution >= 4 is 5.96 Å². The normalized spacial score (nSPS) is 21.6. The van der Waals surface area contributed by atoms with Gasteiger partial charge in [0.2, 0.25) is 0 Å². The number of rotatable bonds is 10. The summed E-state index contributed by atoms with van der Waals surface area (Å²) in [6.07, 6.45) is 5.87. The molecule has 1 aliphatic carbocycles. The zero-order chi connectivity index (χ0) is 18.1. The summed E-state index contributed by atoms with van der Waals surface area (Å²) in [6, 6.07) is 10.8. The highest BCUT2D eigenvalue weighted by molar-refractivity contribution is 5.79. The van der Waals surface area contributed by atoms with Crippen LogP contribution in [0.4, 0.5) is 0 Å². The first kappa shape index (κ1) is 19.2. The number of aliphatic imine (C=N–C) groups is 1. The number of hydrogen-bond acceptors (Lipinski definition) is 3. The van der Waals surface area contributed by atoms with Crippen LogP contribution in [0.1, 0.15) is 31.2 Å². The zero-order valence-electron chi connectivity index (χ0n) is 16.0. The van der Waals surface area contributed by atoms with E-state index in [-0.39, 0.29) is 0 Å². The van der Waals surface area contributed by atoms with E-state index >= 15 is 0 Å². The number of nitrogens with zero attached hydrogens (tertiary/aromatic N) is 1. The van der Waals surface area contributed by atoms with E-state index < -0.39 is 0 Å². The van der Waals surface area contributed by atoms with Crippen molar-refractivity contribution in [1.29, 1.82) is 0 Å². The molecule has 1 unspecified atom stereocenters. The van der Waals surface area contributed by atoms with E-state index in [4.69, 9.17) is 9.47 Å². The summed E-state index contributed by atoms with van der Waals surface area (Å²) in [6.45, 7) is 5.24. The fourth-order valence-electron chi connectivity index (χ4n) is 3.46. The Kier molecular flexibility index (Phi) is 7.32. The maximum atomic E-state index is 5.74. The molecule has 1 atom stereocenters. The van der Waals surface area contributed by atoms with Crippen LogP contribution in [0.5, 0.6) is 0 Å². The van der Waals surface area contributed by atoms with Crippen molar-refractivity contribution in [2.75, 3.05) is 46.6 Å². The molecule has 144 valence electrons. The number of ether oxygens (including phenoxy) is 2. The molecule has 1 saturated carbocycles. The van der Waals surface area contributed by atoms with Gasteiger partial charge in [0.25, 0.3) is 0 Å². The molecule has 1 heterocycles. The van der Waals surface area contributed by atoms with E-state index in [1.54, 1.807) is 0 Å². The molecule has 1 aliphatic heterocycles. The molecule has 2 fully saturated rings. The Hall–Kier alpha value is -1.59. The first-order chi connectivity index (χ1) is 12.8. The van der Waals surface area contributed by atoms with Gasteiger partial charge in [-0.2, -0.15) is 0 Å². The van der Waals surface area contributed by atoms with Crippen molar-refractivity contribution in [2.24, 2.45) is 16.3 Å². The second-order valence-electron chi connectivity index (χ2n) is 7.67. The standard InChI is InChI=1S/C21H33N3O2/c1-22-20(23-11-5-12-25-15-19-8-13-26-16-19)24-17-21(9-10-21)14-18-6-3-2-4-7-18/h2-4,6-7,19H,5,8-17H2,1H3,(H2,22,23,24). The van der Waals surface area contributed by atoms with Crippen LogP contribution in [-0.2, 0) is 15.9 Å². The second kappa shape index (κ2) is 9.93. The summed E-state index contributed by atoms with van der Waals surface area (Å²) in [5, 5.41) is 6.91. The largest absolute Gasteiger partial charge is 0.381 e. The van der Waals surface area contributed by atoms with Crippen molar-refractivity contribution in [3.63, 3.8) is 0 Å². The first-order valence-electron chi connectivity index (χ1n) is 9.94. The van der Waals surface area contributed by atoms with Gasteiger partial charge < -0.3 is 20.1 Å². The second-order valence-corrected chi connectivity index (χ2v) is 7.67. The highest BCUT2D eigenvalue weighted by atomic mass is 16.5. The van der Waals surface area contributed by atoms with Gasteiger partial charge in [-0.3, -0.25) is 4.99 Å². The molecule has 1 aromatic carbocycles. The van der Waals surface area contributed by atoms with Gasteiger partial charge in [0.05, 0.1) is 13.2 Å². The van der Waals surface area contributed by atoms with Crippen LogP contribution in [0.2, 0.25) is 0 Å². The lowest BCUT2D eigenvalue weighted by Crippen LogP contribution is -2.41. The van der Waals surface area contributed by atoms with Crippen LogP contribution in [0, 0.1) is 11.3 Å². The molecular formula is C21H33N3O2. The third kappa shape index (κ3) is 6.29. The third-order valence-electron chi connectivity index (χ3n) is 5.37. The van der Waals surface area contributed by atoms with E-state index in [9.17, 15) is 0 Å². The van der Waals surface area contributed by atoms with E-state index in [1.165, 1.54) is 18.4 Å². The monoisotopic (exact) mass is 359 g/mol. The van der Waals surface area contributed by atoms with E-state index in [1.807, 2.05) is 7.05 Å². The maximum absolute atomic E-state index is 5.74. The summed E-state index contributed by atoms with van der Waals surface area (Å²) >= 11 is 0. The van der Waals surface area contributed by atoms with E-state index in [0.29, 0.717) is 11.3 Å². The molecule has 2 N–H and O–H groups in total. The Morgan fingerprint density at radius 3 is 2.81 bits per heavy atom. The topological polar surface area (TPSA) is 54.9 Å². The predicted octanol–water partition coefficient (Wildman–Crippen LogP) is 2.62. The van der Waals surface area contributed by atoms with E-state index in [0.717, 1.165) is 64.7 Å². The van der Waals surface area contributed by atoms with Crippen LogP contribution in [0.15, 0.2) is 35.3 Å². The molecule has 2 aliphatic rings. The minimum absolute atomic E-state index is 0.408. The van der Waals surface area contributed by atoms with Crippen LogP contribution in [-0.4, -0.2) is 52.5 Å². The van der Waals surface area contributed by atoms with Gasteiger partial charge in [-0.25, -0.2) is 0 Å². The molecule has 3 rings (SSSR count). The quantitative estimate of drug-likeness (QED) is 0.383. The Morgan fingerprint density at radius 1 is 1.27 bits per heavy atom. The first-order valence-corrected chi connectivity index (χ1v) is 9.94. The number of guanidine groups is 1. The molecule has 0 spiro atoms. The van der Waals surface area contributed by atoms with Crippen LogP contribution >= 0.6 is 0 Å². The highest BCUT2D eigenvalue weighted by Gasteiger charge is 2.42. The molecule has 26 heavy (non-hydrogen) atoms. The molecule has 5 heteroatoms. The van der Waals surface area contributed by atoms with Gasteiger partial charge in [-0.1, -0.05) is 30.3 Å². The Bertz CT molecular complexity index is 552. The van der Waals surface area contributed by atoms with Crippen molar-refractivity contribution in [3.8, 4) is 0 Å². The molecule has 0 aromatic heterocycles. The van der Waals surface area contributed by atoms with Gasteiger partial charge in [0, 0.05) is 39.3 Å². The third-order valence-corrected chi connectivity index (χ3v) is 5.37. The fourth-order valence-corrected chi connectivity index (χ4v) is 3.46. The number of nitrogens with one attached hydrogen (secondary N) is 2. The SMILES string of the molecule is CN=C(NCCCOCC1CCOC1)NCC1(Cc2ccccc2)CC1. The van der Waals surface area contributed by atoms with Gasteiger partial charge >= 0.3 is 0 Å². The lowest BCUT2D eigenvalue weighted by Gasteiger charge is -2.19. The lowest BCUT2D eigenvalue weighted by atomic mass is 9.96. The molecule has 0 radical (unpaired) electrons. The van der Waals surface area contributed by atoms with Crippen molar-refractivity contribution in [3.05, 3.63) is 35.9 Å². The molecular weight excluding hydrogens is 326 g/mol. The lowest BCUT2D eigenvalue weighted by molar-refractivity contribution is 0.0888. The predicted molar refractivity (Wildman–Crippen MR) is 106 cm³/mol. The van der Waals surface area contributed by atoms with Crippen LogP contribution in [0.25, 0.3) is 0 Å². The summed E-state index contributed by atoms with van der Waals surface area (Å²) in [5.41, 5.74) is 1.84. The number of hydrogen-bond donors (Lipinski definition) is 2. The minimum atomic E-state index is 0.408. The molecule has 0 bridgehead atoms. The maximum Gasteiger partial charge on any atom is 0.190 e. The summed E-state index contributed by atoms with van der Waals surface area (Å²) in [7, 11) is 1.84. The van der Waals surface area contributed by atoms with Gasteiger partial charge in [0.15, 0.2) is 5.96 Å². The average Bonchev–Trinajstić information content (AvgIpc) is 3.22. The summed E-state index contributed by atoms with van der Waals surface area (Å²) in [4.78, 5) is 4.34. The highest BCUT2D eigenvalue weighted by Crippen LogP contribution is 2.47. The smallest absolute Gasteiger partial charge is 0.190 e. The Morgan fingerprint density at radius 2 is 2.12 bits per heavy atom. The number of benzene rings is 1. The van der Waals surface area contributed by atoms with Crippen molar-refractivity contribution in [2.45, 2.75) is 32.1 Å². The van der Waals surface area contributed by atoms with Gasteiger partial charge in [-0.15, -0.1) is 0 Å². The average molecular weight is 360 g/mol. The summed E-state index contributed by atoms with van der Waals surface area (Å²) < 4.78 is 11.1. The van der Waals surface area contributed by atoms with Crippen molar-refractivity contribution in [1.82, 2.24) is 10.6 Å². The van der Waals surface area contributed by atoms with Crippen LogP contribution in [0.3, 0.4) is 0 Å². The molecule has 1 saturated heterocycles. The van der Waals surface area contributed by atoms with Gasteiger partial charge in [0.1, 0.15) is 0 Å². The molecule has 5 nitrogen and oxygen atoms in total. The molecule has 0 amide bonds. The Labute approximate surface area is 157 Å². The van der Waals surface area contributed by atoms with E-state index in [2.05, 4.69) is 46.0 Å². The minimum Gasteiger partial charge on any atom is -0.381 e. The van der Waals surface area contributed by atoms with Gasteiger partial charge in [-0.05, 0) is 43.1 Å². The fraction of sp³-hybridized carbons (Fsp3) is 0.667. The van der Waals surface area contributed by atoms with Crippen LogP contribution < -0.4 is 10.6 Å². The molecule has 1 aromatic rings. The van der Waals surface area contributed by atoms with Crippen molar-refractivity contribution < 1.29 is 9.47 Å². The Balaban J connectivity index is 1.27. The summed E-state index contributed by atoms with van der Waals surface area (Å²) in [5.74, 6) is 1.49.